The molecule has 3 aromatic carbocycles. The number of anilines is 1. The lowest BCUT2D eigenvalue weighted by molar-refractivity contribution is -0.534. The van der Waals surface area contributed by atoms with Crippen LogP contribution in [0.3, 0.4) is 0 Å². The lowest BCUT2D eigenvalue weighted by Crippen LogP contribution is -2.55. The molecule has 3 aromatic rings. The Morgan fingerprint density at radius 3 is 2.60 bits per heavy atom. The fraction of sp³-hybridized carbons (Fsp3) is 0.296. The molecule has 0 bridgehead atoms. The zero-order valence-corrected chi connectivity index (χ0v) is 19.6. The van der Waals surface area contributed by atoms with Gasteiger partial charge in [-0.25, -0.2) is 0 Å². The van der Waals surface area contributed by atoms with Gasteiger partial charge in [0, 0.05) is 39.3 Å². The predicted molar refractivity (Wildman–Crippen MR) is 132 cm³/mol. The van der Waals surface area contributed by atoms with Crippen molar-refractivity contribution in [1.82, 2.24) is 4.90 Å². The minimum Gasteiger partial charge on any atom is -0.489 e. The van der Waals surface area contributed by atoms with E-state index in [1.807, 2.05) is 72.8 Å². The second-order valence-corrected chi connectivity index (χ2v) is 9.78. The van der Waals surface area contributed by atoms with Crippen LogP contribution in [0.2, 0.25) is 5.02 Å². The summed E-state index contributed by atoms with van der Waals surface area (Å²) in [5, 5.41) is 16.2. The summed E-state index contributed by atoms with van der Waals surface area (Å²) < 4.78 is 5.92. The Balaban J connectivity index is 1.35. The number of halogens is 1. The van der Waals surface area contributed by atoms with Crippen LogP contribution in [0.5, 0.6) is 5.75 Å². The van der Waals surface area contributed by atoms with E-state index in [4.69, 9.17) is 16.3 Å². The minimum absolute atomic E-state index is 0.0859. The number of benzene rings is 3. The van der Waals surface area contributed by atoms with Gasteiger partial charge in [-0.2, -0.15) is 0 Å². The molecule has 0 unspecified atom stereocenters. The summed E-state index contributed by atoms with van der Waals surface area (Å²) in [6.07, 6.45) is 1.72. The number of nitro groups is 1. The third-order valence-electron chi connectivity index (χ3n) is 7.71. The third kappa shape index (κ3) is 3.26. The largest absolute Gasteiger partial charge is 0.489 e. The molecule has 35 heavy (non-hydrogen) atoms. The molecule has 3 aliphatic rings. The first-order valence-corrected chi connectivity index (χ1v) is 12.2. The Morgan fingerprint density at radius 1 is 1.09 bits per heavy atom. The molecule has 1 N–H and O–H groups in total. The second-order valence-electron chi connectivity index (χ2n) is 9.37. The van der Waals surface area contributed by atoms with Gasteiger partial charge in [-0.05, 0) is 42.7 Å². The number of fused-ring (bicyclic) bond motifs is 4. The van der Waals surface area contributed by atoms with Crippen molar-refractivity contribution in [3.05, 3.63) is 105 Å². The molecule has 3 heterocycles. The molecular formula is C27H24ClN3O4. The van der Waals surface area contributed by atoms with Gasteiger partial charge in [0.25, 0.3) is 11.9 Å². The van der Waals surface area contributed by atoms with Gasteiger partial charge in [-0.1, -0.05) is 60.1 Å². The second kappa shape index (κ2) is 8.36. The molecule has 0 aliphatic carbocycles. The van der Waals surface area contributed by atoms with E-state index >= 15 is 0 Å². The van der Waals surface area contributed by atoms with Crippen LogP contribution in [-0.4, -0.2) is 34.4 Å². The summed E-state index contributed by atoms with van der Waals surface area (Å²) in [6, 6.07) is 21.2. The monoisotopic (exact) mass is 489 g/mol. The van der Waals surface area contributed by atoms with Gasteiger partial charge in [-0.15, -0.1) is 0 Å². The molecule has 1 amide bonds. The summed E-state index contributed by atoms with van der Waals surface area (Å²) in [5.41, 5.74) is 1.81. The average Bonchev–Trinajstić information content (AvgIpc) is 3.52. The fourth-order valence-corrected chi connectivity index (χ4v) is 6.53. The summed E-state index contributed by atoms with van der Waals surface area (Å²) in [4.78, 5) is 28.0. The molecule has 7 nitrogen and oxygen atoms in total. The topological polar surface area (TPSA) is 84.7 Å². The van der Waals surface area contributed by atoms with Gasteiger partial charge in [0.15, 0.2) is 5.54 Å². The average molecular weight is 490 g/mol. The molecule has 3 aliphatic heterocycles. The van der Waals surface area contributed by atoms with Crippen LogP contribution < -0.4 is 10.1 Å². The highest BCUT2D eigenvalue weighted by atomic mass is 35.5. The number of rotatable bonds is 5. The van der Waals surface area contributed by atoms with E-state index in [2.05, 4.69) is 10.2 Å². The Bertz CT molecular complexity index is 1310. The Kier molecular flexibility index (Phi) is 5.27. The van der Waals surface area contributed by atoms with Crippen molar-refractivity contribution in [2.45, 2.75) is 43.0 Å². The van der Waals surface area contributed by atoms with Crippen LogP contribution in [0.4, 0.5) is 5.69 Å². The van der Waals surface area contributed by atoms with E-state index in [1.54, 1.807) is 0 Å². The van der Waals surface area contributed by atoms with Gasteiger partial charge in [-0.3, -0.25) is 19.8 Å². The number of amides is 1. The van der Waals surface area contributed by atoms with Gasteiger partial charge in [0.2, 0.25) is 0 Å². The first kappa shape index (κ1) is 22.1. The van der Waals surface area contributed by atoms with E-state index in [0.29, 0.717) is 35.2 Å². The number of hydrogen-bond donors (Lipinski definition) is 1. The number of ether oxygens (including phenoxy) is 1. The summed E-state index contributed by atoms with van der Waals surface area (Å²) >= 11 is 6.22. The summed E-state index contributed by atoms with van der Waals surface area (Å²) in [5.74, 6) is -0.0530. The Hall–Kier alpha value is -3.42. The van der Waals surface area contributed by atoms with Crippen molar-refractivity contribution in [1.29, 1.82) is 0 Å². The summed E-state index contributed by atoms with van der Waals surface area (Å²) in [7, 11) is 0. The van der Waals surface area contributed by atoms with Crippen molar-refractivity contribution >= 4 is 23.2 Å². The molecule has 0 saturated carbocycles. The molecule has 178 valence electrons. The maximum Gasteiger partial charge on any atom is 0.256 e. The Morgan fingerprint density at radius 2 is 1.83 bits per heavy atom. The van der Waals surface area contributed by atoms with E-state index < -0.39 is 17.5 Å². The van der Waals surface area contributed by atoms with Crippen molar-refractivity contribution in [2.75, 3.05) is 11.9 Å². The highest BCUT2D eigenvalue weighted by molar-refractivity contribution is 6.31. The van der Waals surface area contributed by atoms with Gasteiger partial charge in [0.1, 0.15) is 12.4 Å². The van der Waals surface area contributed by atoms with Crippen LogP contribution in [0.25, 0.3) is 0 Å². The van der Waals surface area contributed by atoms with E-state index in [-0.39, 0.29) is 16.9 Å². The minimum atomic E-state index is -1.30. The maximum absolute atomic E-state index is 13.5. The molecule has 0 radical (unpaired) electrons. The van der Waals surface area contributed by atoms with Crippen LogP contribution in [0.15, 0.2) is 72.8 Å². The van der Waals surface area contributed by atoms with E-state index in [9.17, 15) is 14.9 Å². The van der Waals surface area contributed by atoms with E-state index in [0.717, 1.165) is 24.0 Å². The van der Waals surface area contributed by atoms with Crippen molar-refractivity contribution in [3.8, 4) is 5.75 Å². The fourth-order valence-electron chi connectivity index (χ4n) is 6.34. The predicted octanol–water partition coefficient (Wildman–Crippen LogP) is 4.97. The molecule has 4 atom stereocenters. The third-order valence-corrected chi connectivity index (χ3v) is 8.08. The van der Waals surface area contributed by atoms with Crippen molar-refractivity contribution in [3.63, 3.8) is 0 Å². The number of para-hydroxylation sites is 1. The SMILES string of the molecule is O=C1Nc2ccccc2[C@]12[C@H]([N+](=O)[O-])[C@H](c1ccc(OCc3ccccc3Cl)cc1)[C@H]1CCCN12. The smallest absolute Gasteiger partial charge is 0.256 e. The molecular weight excluding hydrogens is 466 g/mol. The highest BCUT2D eigenvalue weighted by Gasteiger charge is 2.73. The number of carbonyl (C=O) groups is 1. The number of hydrogen-bond acceptors (Lipinski definition) is 5. The summed E-state index contributed by atoms with van der Waals surface area (Å²) in [6.45, 7) is 0.989. The van der Waals surface area contributed by atoms with Gasteiger partial charge < -0.3 is 10.1 Å². The lowest BCUT2D eigenvalue weighted by Gasteiger charge is -2.32. The van der Waals surface area contributed by atoms with E-state index in [1.165, 1.54) is 0 Å². The normalized spacial score (nSPS) is 27.0. The van der Waals surface area contributed by atoms with Crippen LogP contribution in [-0.2, 0) is 16.9 Å². The molecule has 1 spiro atoms. The molecule has 2 fully saturated rings. The molecule has 2 saturated heterocycles. The maximum atomic E-state index is 13.5. The van der Waals surface area contributed by atoms with Crippen LogP contribution in [0.1, 0.15) is 35.4 Å². The lowest BCUT2D eigenvalue weighted by atomic mass is 9.77. The quantitative estimate of drug-likeness (QED) is 0.404. The van der Waals surface area contributed by atoms with Crippen LogP contribution in [0, 0.1) is 10.1 Å². The van der Waals surface area contributed by atoms with Gasteiger partial charge in [0.05, 0.1) is 5.92 Å². The first-order valence-electron chi connectivity index (χ1n) is 11.8. The standard InChI is InChI=1S/C27H24ClN3O4/c28-21-8-3-1-6-18(21)16-35-19-13-11-17(12-14-19)24-23-10-5-15-30(23)27(25(24)31(33)34)20-7-2-4-9-22(20)29-26(27)32/h1-4,6-9,11-14,23-25H,5,10,15-16H2,(H,29,32)/t23-,24-,25-,27+/m1/s1. The van der Waals surface area contributed by atoms with Crippen molar-refractivity contribution < 1.29 is 14.5 Å². The van der Waals surface area contributed by atoms with Crippen molar-refractivity contribution in [2.24, 2.45) is 0 Å². The molecule has 8 heteroatoms. The number of nitrogens with one attached hydrogen (secondary N) is 1. The zero-order valence-electron chi connectivity index (χ0n) is 18.9. The Labute approximate surface area is 207 Å². The molecule has 6 rings (SSSR count). The first-order chi connectivity index (χ1) is 17.0. The number of carbonyl (C=O) groups excluding carboxylic acids is 1. The van der Waals surface area contributed by atoms with Crippen LogP contribution >= 0.6 is 11.6 Å². The zero-order chi connectivity index (χ0) is 24.2. The number of nitrogens with zero attached hydrogens (tertiary/aromatic N) is 2. The molecule has 0 aromatic heterocycles. The highest BCUT2D eigenvalue weighted by Crippen LogP contribution is 2.58. The van der Waals surface area contributed by atoms with Gasteiger partial charge >= 0.3 is 0 Å².